The van der Waals surface area contributed by atoms with Gasteiger partial charge in [0.25, 0.3) is 5.91 Å². The number of fused-ring (bicyclic) bond motifs is 1. The highest BCUT2D eigenvalue weighted by Crippen LogP contribution is 2.28. The van der Waals surface area contributed by atoms with Gasteiger partial charge in [-0.25, -0.2) is 0 Å². The van der Waals surface area contributed by atoms with E-state index in [2.05, 4.69) is 35.4 Å². The maximum absolute atomic E-state index is 12.5. The Labute approximate surface area is 154 Å². The van der Waals surface area contributed by atoms with Crippen molar-refractivity contribution in [3.8, 4) is 11.5 Å². The van der Waals surface area contributed by atoms with Crippen molar-refractivity contribution >= 4 is 5.91 Å². The van der Waals surface area contributed by atoms with Crippen LogP contribution < -0.4 is 20.1 Å². The minimum atomic E-state index is -0.136. The third kappa shape index (κ3) is 4.06. The molecule has 5 heteroatoms. The quantitative estimate of drug-likeness (QED) is 0.753. The first-order valence-corrected chi connectivity index (χ1v) is 8.74. The number of hydrogen-bond acceptors (Lipinski definition) is 4. The molecule has 0 aliphatic carbocycles. The van der Waals surface area contributed by atoms with E-state index in [4.69, 9.17) is 9.47 Å². The summed E-state index contributed by atoms with van der Waals surface area (Å²) >= 11 is 0. The van der Waals surface area contributed by atoms with Crippen LogP contribution in [0.15, 0.2) is 55.1 Å². The molecule has 1 aliphatic heterocycles. The number of amides is 1. The van der Waals surface area contributed by atoms with Gasteiger partial charge >= 0.3 is 0 Å². The van der Waals surface area contributed by atoms with Crippen LogP contribution >= 0.6 is 0 Å². The maximum atomic E-state index is 12.5. The molecule has 1 atom stereocenters. The van der Waals surface area contributed by atoms with Crippen LogP contribution in [-0.2, 0) is 6.42 Å². The summed E-state index contributed by atoms with van der Waals surface area (Å²) in [5.41, 5.74) is 3.14. The number of benzene rings is 2. The van der Waals surface area contributed by atoms with Crippen molar-refractivity contribution in [1.29, 1.82) is 0 Å². The van der Waals surface area contributed by atoms with E-state index in [1.54, 1.807) is 31.4 Å². The second-order valence-electron chi connectivity index (χ2n) is 6.13. The zero-order valence-electron chi connectivity index (χ0n) is 15.0. The number of ether oxygens (including phenoxy) is 2. The first-order chi connectivity index (χ1) is 12.7. The van der Waals surface area contributed by atoms with Gasteiger partial charge in [0.05, 0.1) is 7.11 Å². The molecule has 1 aliphatic rings. The van der Waals surface area contributed by atoms with E-state index >= 15 is 0 Å². The molecule has 26 heavy (non-hydrogen) atoms. The number of carbonyl (C=O) groups excluding carboxylic acids is 1. The minimum Gasteiger partial charge on any atom is -0.493 e. The number of carbonyl (C=O) groups is 1. The average Bonchev–Trinajstić information content (AvgIpc) is 2.70. The van der Waals surface area contributed by atoms with Crippen LogP contribution in [-0.4, -0.2) is 32.7 Å². The zero-order chi connectivity index (χ0) is 18.4. The molecule has 1 unspecified atom stereocenters. The van der Waals surface area contributed by atoms with Crippen molar-refractivity contribution in [2.24, 2.45) is 0 Å². The second kappa shape index (κ2) is 8.54. The molecule has 0 bridgehead atoms. The van der Waals surface area contributed by atoms with Gasteiger partial charge in [0, 0.05) is 18.2 Å². The Morgan fingerprint density at radius 2 is 2.15 bits per heavy atom. The number of methoxy groups -OCH3 is 1. The van der Waals surface area contributed by atoms with Crippen molar-refractivity contribution in [3.05, 3.63) is 71.8 Å². The Bertz CT molecular complexity index is 789. The Hall–Kier alpha value is -2.79. The molecule has 2 N–H and O–H groups in total. The summed E-state index contributed by atoms with van der Waals surface area (Å²) in [6.45, 7) is 5.46. The molecular formula is C21H24N2O3. The highest BCUT2D eigenvalue weighted by Gasteiger charge is 2.20. The average molecular weight is 352 g/mol. The van der Waals surface area contributed by atoms with E-state index in [1.807, 2.05) is 6.07 Å². The summed E-state index contributed by atoms with van der Waals surface area (Å²) in [5.74, 6) is 0.982. The summed E-state index contributed by atoms with van der Waals surface area (Å²) < 4.78 is 10.8. The molecule has 0 radical (unpaired) electrons. The number of rotatable bonds is 7. The first kappa shape index (κ1) is 18.0. The summed E-state index contributed by atoms with van der Waals surface area (Å²) in [7, 11) is 1.56. The highest BCUT2D eigenvalue weighted by molar-refractivity contribution is 5.94. The first-order valence-electron chi connectivity index (χ1n) is 8.74. The van der Waals surface area contributed by atoms with E-state index in [1.165, 1.54) is 11.1 Å². The fraction of sp³-hybridized carbons (Fsp3) is 0.286. The molecular weight excluding hydrogens is 328 g/mol. The molecule has 136 valence electrons. The molecule has 0 spiro atoms. The molecule has 0 aromatic heterocycles. The lowest BCUT2D eigenvalue weighted by atomic mass is 9.94. The summed E-state index contributed by atoms with van der Waals surface area (Å²) in [4.78, 5) is 12.5. The molecule has 0 fully saturated rings. The van der Waals surface area contributed by atoms with Crippen LogP contribution in [0.4, 0.5) is 0 Å². The van der Waals surface area contributed by atoms with Crippen molar-refractivity contribution in [2.45, 2.75) is 12.5 Å². The lowest BCUT2D eigenvalue weighted by Crippen LogP contribution is -2.38. The van der Waals surface area contributed by atoms with E-state index in [0.717, 1.165) is 13.0 Å². The molecule has 1 heterocycles. The smallest absolute Gasteiger partial charge is 0.251 e. The molecule has 5 nitrogen and oxygen atoms in total. The topological polar surface area (TPSA) is 59.6 Å². The standard InChI is InChI=1S/C21H24N2O3/c1-3-12-26-19-9-8-16(13-20(19)25-2)21(24)23-14-18-17-7-5-4-6-15(17)10-11-22-18/h3-9,13,18,22H,1,10-12,14H2,2H3,(H,23,24). The SMILES string of the molecule is C=CCOc1ccc(C(=O)NCC2NCCc3ccccc32)cc1OC. The van der Waals surface area contributed by atoms with Gasteiger partial charge in [-0.3, -0.25) is 4.79 Å². The van der Waals surface area contributed by atoms with Gasteiger partial charge in [0.15, 0.2) is 11.5 Å². The number of nitrogens with one attached hydrogen (secondary N) is 2. The zero-order valence-corrected chi connectivity index (χ0v) is 15.0. The molecule has 0 saturated carbocycles. The van der Waals surface area contributed by atoms with Gasteiger partial charge in [-0.1, -0.05) is 36.9 Å². The van der Waals surface area contributed by atoms with Gasteiger partial charge in [0.2, 0.25) is 0 Å². The van der Waals surface area contributed by atoms with Crippen molar-refractivity contribution < 1.29 is 14.3 Å². The molecule has 1 amide bonds. The van der Waals surface area contributed by atoms with Crippen LogP contribution in [0.2, 0.25) is 0 Å². The van der Waals surface area contributed by atoms with E-state index in [0.29, 0.717) is 30.2 Å². The molecule has 0 saturated heterocycles. The van der Waals surface area contributed by atoms with Crippen molar-refractivity contribution in [3.63, 3.8) is 0 Å². The Morgan fingerprint density at radius 3 is 2.96 bits per heavy atom. The second-order valence-corrected chi connectivity index (χ2v) is 6.13. The fourth-order valence-electron chi connectivity index (χ4n) is 3.15. The number of hydrogen-bond donors (Lipinski definition) is 2. The van der Waals surface area contributed by atoms with Gasteiger partial charge < -0.3 is 20.1 Å². The maximum Gasteiger partial charge on any atom is 0.251 e. The lowest BCUT2D eigenvalue weighted by molar-refractivity contribution is 0.0948. The molecule has 2 aromatic carbocycles. The fourth-order valence-corrected chi connectivity index (χ4v) is 3.15. The van der Waals surface area contributed by atoms with Crippen molar-refractivity contribution in [2.75, 3.05) is 26.8 Å². The Kier molecular flexibility index (Phi) is 5.92. The molecule has 2 aromatic rings. The lowest BCUT2D eigenvalue weighted by Gasteiger charge is -2.27. The van der Waals surface area contributed by atoms with Crippen molar-refractivity contribution in [1.82, 2.24) is 10.6 Å². The van der Waals surface area contributed by atoms with Crippen LogP contribution in [0.3, 0.4) is 0 Å². The monoisotopic (exact) mass is 352 g/mol. The largest absolute Gasteiger partial charge is 0.493 e. The van der Waals surface area contributed by atoms with Crippen LogP contribution in [0, 0.1) is 0 Å². The van der Waals surface area contributed by atoms with Crippen LogP contribution in [0.5, 0.6) is 11.5 Å². The Morgan fingerprint density at radius 1 is 1.31 bits per heavy atom. The van der Waals surface area contributed by atoms with Crippen LogP contribution in [0.1, 0.15) is 27.5 Å². The normalized spacial score (nSPS) is 15.7. The third-order valence-electron chi connectivity index (χ3n) is 4.46. The van der Waals surface area contributed by atoms with Gasteiger partial charge in [-0.05, 0) is 42.3 Å². The van der Waals surface area contributed by atoms with E-state index in [-0.39, 0.29) is 11.9 Å². The Balaban J connectivity index is 1.66. The van der Waals surface area contributed by atoms with E-state index in [9.17, 15) is 4.79 Å². The minimum absolute atomic E-state index is 0.126. The van der Waals surface area contributed by atoms with E-state index < -0.39 is 0 Å². The predicted molar refractivity (Wildman–Crippen MR) is 102 cm³/mol. The summed E-state index contributed by atoms with van der Waals surface area (Å²) in [6, 6.07) is 13.7. The van der Waals surface area contributed by atoms with Gasteiger partial charge in [0.1, 0.15) is 6.61 Å². The predicted octanol–water partition coefficient (Wildman–Crippen LogP) is 2.88. The molecule has 3 rings (SSSR count). The van der Waals surface area contributed by atoms with Gasteiger partial charge in [-0.15, -0.1) is 0 Å². The summed E-state index contributed by atoms with van der Waals surface area (Å²) in [5, 5.41) is 6.48. The third-order valence-corrected chi connectivity index (χ3v) is 4.46. The highest BCUT2D eigenvalue weighted by atomic mass is 16.5. The summed E-state index contributed by atoms with van der Waals surface area (Å²) in [6.07, 6.45) is 2.68. The van der Waals surface area contributed by atoms with Gasteiger partial charge in [-0.2, -0.15) is 0 Å². The van der Waals surface area contributed by atoms with Crippen LogP contribution in [0.25, 0.3) is 0 Å².